The SMILES string of the molecule is CC.CC.CCCC.Nc1ncc(-c2ccccc2)cn1.c1ccc(N(c2ccccc2)c2ccccc2)cc1. The van der Waals surface area contributed by atoms with Crippen molar-refractivity contribution in [3.63, 3.8) is 0 Å². The number of benzene rings is 4. The van der Waals surface area contributed by atoms with Crippen molar-refractivity contribution in [1.29, 1.82) is 0 Å². The summed E-state index contributed by atoms with van der Waals surface area (Å²) in [6.45, 7) is 12.4. The molecule has 0 radical (unpaired) electrons. The Labute approximate surface area is 242 Å². The van der Waals surface area contributed by atoms with Gasteiger partial charge in [0.25, 0.3) is 0 Å². The summed E-state index contributed by atoms with van der Waals surface area (Å²) in [5.74, 6) is 0.305. The highest BCUT2D eigenvalue weighted by molar-refractivity contribution is 5.76. The van der Waals surface area contributed by atoms with Crippen LogP contribution in [0.3, 0.4) is 0 Å². The van der Waals surface area contributed by atoms with E-state index in [2.05, 4.69) is 102 Å². The largest absolute Gasteiger partial charge is 0.368 e. The van der Waals surface area contributed by atoms with E-state index in [4.69, 9.17) is 5.73 Å². The van der Waals surface area contributed by atoms with Gasteiger partial charge in [-0.2, -0.15) is 0 Å². The Hall–Kier alpha value is -4.44. The molecule has 4 nitrogen and oxygen atoms in total. The maximum absolute atomic E-state index is 5.38. The molecule has 0 saturated carbocycles. The molecule has 5 aromatic rings. The van der Waals surface area contributed by atoms with Crippen LogP contribution in [0, 0.1) is 0 Å². The normalized spacial score (nSPS) is 9.05. The summed E-state index contributed by atoms with van der Waals surface area (Å²) in [5, 5.41) is 0. The van der Waals surface area contributed by atoms with Crippen molar-refractivity contribution in [3.05, 3.63) is 134 Å². The predicted molar refractivity (Wildman–Crippen MR) is 176 cm³/mol. The number of rotatable bonds is 5. The van der Waals surface area contributed by atoms with Gasteiger partial charge in [-0.3, -0.25) is 0 Å². The molecule has 0 spiro atoms. The van der Waals surface area contributed by atoms with Gasteiger partial charge in [-0.1, -0.05) is 139 Å². The highest BCUT2D eigenvalue weighted by Crippen LogP contribution is 2.33. The molecule has 0 saturated heterocycles. The molecule has 0 bridgehead atoms. The average molecular weight is 535 g/mol. The molecule has 5 rings (SSSR count). The first-order valence-electron chi connectivity index (χ1n) is 14.3. The molecular formula is C36H46N4. The van der Waals surface area contributed by atoms with E-state index in [1.807, 2.05) is 76.2 Å². The van der Waals surface area contributed by atoms with Crippen molar-refractivity contribution >= 4 is 23.0 Å². The Morgan fingerprint density at radius 1 is 0.475 bits per heavy atom. The molecular weight excluding hydrogens is 488 g/mol. The Morgan fingerprint density at radius 2 is 0.775 bits per heavy atom. The number of anilines is 4. The van der Waals surface area contributed by atoms with Crippen LogP contribution < -0.4 is 10.6 Å². The summed E-state index contributed by atoms with van der Waals surface area (Å²) in [5.41, 5.74) is 11.0. The zero-order chi connectivity index (χ0) is 29.4. The lowest BCUT2D eigenvalue weighted by molar-refractivity contribution is 0.886. The van der Waals surface area contributed by atoms with Gasteiger partial charge in [-0.25, -0.2) is 9.97 Å². The smallest absolute Gasteiger partial charge is 0.219 e. The quantitative estimate of drug-likeness (QED) is 0.244. The van der Waals surface area contributed by atoms with Crippen LogP contribution in [-0.2, 0) is 0 Å². The first-order valence-corrected chi connectivity index (χ1v) is 14.3. The molecule has 40 heavy (non-hydrogen) atoms. The highest BCUT2D eigenvalue weighted by atomic mass is 15.1. The number of nitrogen functional groups attached to an aromatic ring is 1. The molecule has 2 N–H and O–H groups in total. The standard InChI is InChI=1S/C18H15N.C10H9N3.C4H10.2C2H6/c1-4-10-16(11-5-1)19(17-12-6-2-7-13-17)18-14-8-3-9-15-18;11-10-12-6-9(7-13-10)8-4-2-1-3-5-8;1-3-4-2;2*1-2/h1-15H;1-7H,(H2,11,12,13);3-4H2,1-2H3;2*1-2H3. The van der Waals surface area contributed by atoms with E-state index < -0.39 is 0 Å². The Kier molecular flexibility index (Phi) is 18.0. The summed E-state index contributed by atoms with van der Waals surface area (Å²) in [7, 11) is 0. The van der Waals surface area contributed by atoms with Crippen molar-refractivity contribution < 1.29 is 0 Å². The summed E-state index contributed by atoms with van der Waals surface area (Å²) in [6, 6.07) is 41.2. The van der Waals surface area contributed by atoms with Crippen molar-refractivity contribution in [2.45, 2.75) is 54.4 Å². The van der Waals surface area contributed by atoms with E-state index in [9.17, 15) is 0 Å². The molecule has 4 heteroatoms. The van der Waals surface area contributed by atoms with Gasteiger partial charge in [0.15, 0.2) is 0 Å². The molecule has 1 heterocycles. The van der Waals surface area contributed by atoms with Gasteiger partial charge in [0.2, 0.25) is 5.95 Å². The van der Waals surface area contributed by atoms with Crippen LogP contribution in [0.4, 0.5) is 23.0 Å². The molecule has 0 amide bonds. The lowest BCUT2D eigenvalue weighted by Gasteiger charge is -2.25. The van der Waals surface area contributed by atoms with Crippen LogP contribution in [0.1, 0.15) is 54.4 Å². The Morgan fingerprint density at radius 3 is 1.07 bits per heavy atom. The van der Waals surface area contributed by atoms with Crippen LogP contribution in [0.5, 0.6) is 0 Å². The van der Waals surface area contributed by atoms with Crippen LogP contribution in [-0.4, -0.2) is 9.97 Å². The fraction of sp³-hybridized carbons (Fsp3) is 0.222. The fourth-order valence-corrected chi connectivity index (χ4v) is 3.30. The Bertz CT molecular complexity index is 1130. The van der Waals surface area contributed by atoms with Gasteiger partial charge in [-0.15, -0.1) is 0 Å². The molecule has 1 aromatic heterocycles. The first-order chi connectivity index (χ1) is 19.7. The van der Waals surface area contributed by atoms with Crippen LogP contribution in [0.2, 0.25) is 0 Å². The zero-order valence-corrected chi connectivity index (χ0v) is 25.0. The van der Waals surface area contributed by atoms with E-state index >= 15 is 0 Å². The summed E-state index contributed by atoms with van der Waals surface area (Å²) < 4.78 is 0. The number of hydrogen-bond acceptors (Lipinski definition) is 4. The van der Waals surface area contributed by atoms with E-state index in [0.717, 1.165) is 11.1 Å². The van der Waals surface area contributed by atoms with E-state index in [-0.39, 0.29) is 0 Å². The van der Waals surface area contributed by atoms with Crippen molar-refractivity contribution in [3.8, 4) is 11.1 Å². The van der Waals surface area contributed by atoms with Crippen molar-refractivity contribution in [1.82, 2.24) is 9.97 Å². The molecule has 4 aromatic carbocycles. The summed E-state index contributed by atoms with van der Waals surface area (Å²) in [4.78, 5) is 10.1. The lowest BCUT2D eigenvalue weighted by Crippen LogP contribution is -2.09. The van der Waals surface area contributed by atoms with E-state index in [1.165, 1.54) is 29.9 Å². The predicted octanol–water partition coefficient (Wildman–Crippen LogP) is 10.7. The molecule has 0 aliphatic carbocycles. The second-order valence-corrected chi connectivity index (χ2v) is 8.04. The number of hydrogen-bond donors (Lipinski definition) is 1. The fourth-order valence-electron chi connectivity index (χ4n) is 3.30. The molecule has 0 aliphatic heterocycles. The molecule has 0 atom stereocenters. The summed E-state index contributed by atoms with van der Waals surface area (Å²) in [6.07, 6.45) is 6.08. The Balaban J connectivity index is 0.000000331. The maximum Gasteiger partial charge on any atom is 0.219 e. The van der Waals surface area contributed by atoms with Crippen LogP contribution in [0.15, 0.2) is 134 Å². The van der Waals surface area contributed by atoms with Crippen LogP contribution >= 0.6 is 0 Å². The molecule has 0 aliphatic rings. The average Bonchev–Trinajstić information content (AvgIpc) is 3.06. The van der Waals surface area contributed by atoms with Gasteiger partial charge in [0, 0.05) is 35.0 Å². The second-order valence-electron chi connectivity index (χ2n) is 8.04. The third kappa shape index (κ3) is 12.0. The first kappa shape index (κ1) is 33.6. The van der Waals surface area contributed by atoms with Crippen molar-refractivity contribution in [2.75, 3.05) is 10.6 Å². The number of aromatic nitrogens is 2. The third-order valence-corrected chi connectivity index (χ3v) is 5.32. The monoisotopic (exact) mass is 534 g/mol. The molecule has 210 valence electrons. The van der Waals surface area contributed by atoms with Gasteiger partial charge in [-0.05, 0) is 42.0 Å². The number of nitrogens with zero attached hydrogens (tertiary/aromatic N) is 3. The van der Waals surface area contributed by atoms with Gasteiger partial charge in [0.1, 0.15) is 0 Å². The van der Waals surface area contributed by atoms with Crippen molar-refractivity contribution in [2.24, 2.45) is 0 Å². The van der Waals surface area contributed by atoms with E-state index in [1.54, 1.807) is 12.4 Å². The maximum atomic E-state index is 5.38. The highest BCUT2D eigenvalue weighted by Gasteiger charge is 2.10. The van der Waals surface area contributed by atoms with Gasteiger partial charge < -0.3 is 10.6 Å². The number of unbranched alkanes of at least 4 members (excludes halogenated alkanes) is 1. The van der Waals surface area contributed by atoms with Crippen LogP contribution in [0.25, 0.3) is 11.1 Å². The van der Waals surface area contributed by atoms with Gasteiger partial charge >= 0.3 is 0 Å². The van der Waals surface area contributed by atoms with Gasteiger partial charge in [0.05, 0.1) is 0 Å². The van der Waals surface area contributed by atoms with E-state index in [0.29, 0.717) is 5.95 Å². The topological polar surface area (TPSA) is 55.0 Å². The molecule has 0 unspecified atom stereocenters. The second kappa shape index (κ2) is 21.5. The number of para-hydroxylation sites is 3. The summed E-state index contributed by atoms with van der Waals surface area (Å²) >= 11 is 0. The lowest BCUT2D eigenvalue weighted by atomic mass is 10.1. The molecule has 0 fully saturated rings. The minimum Gasteiger partial charge on any atom is -0.368 e. The number of nitrogens with two attached hydrogens (primary N) is 1. The minimum atomic E-state index is 0.305. The third-order valence-electron chi connectivity index (χ3n) is 5.32. The zero-order valence-electron chi connectivity index (χ0n) is 25.0. The minimum absolute atomic E-state index is 0.305.